The Bertz CT molecular complexity index is 554. The van der Waals surface area contributed by atoms with E-state index < -0.39 is 0 Å². The molecular weight excluding hydrogens is 296 g/mol. The van der Waals surface area contributed by atoms with Crippen LogP contribution in [-0.4, -0.2) is 24.5 Å². The van der Waals surface area contributed by atoms with Crippen LogP contribution in [0.4, 0.5) is 0 Å². The maximum atomic E-state index is 12.5. The topological polar surface area (TPSA) is 41.1 Å². The van der Waals surface area contributed by atoms with Crippen LogP contribution in [0.1, 0.15) is 56.9 Å². The SMILES string of the molecule is O=C(CC1CC2CCC(C1)N2)NCC1(Cc2ccccc2)CCC1. The lowest BCUT2D eigenvalue weighted by Gasteiger charge is -2.42. The molecule has 0 radical (unpaired) electrons. The first-order valence-corrected chi connectivity index (χ1v) is 9.77. The van der Waals surface area contributed by atoms with Crippen LogP contribution < -0.4 is 10.6 Å². The lowest BCUT2D eigenvalue weighted by molar-refractivity contribution is -0.123. The highest BCUT2D eigenvalue weighted by Gasteiger charge is 2.38. The molecule has 3 nitrogen and oxygen atoms in total. The van der Waals surface area contributed by atoms with Crippen LogP contribution in [0.15, 0.2) is 30.3 Å². The van der Waals surface area contributed by atoms with Crippen molar-refractivity contribution in [1.29, 1.82) is 0 Å². The average Bonchev–Trinajstić information content (AvgIpc) is 2.89. The molecule has 0 spiro atoms. The summed E-state index contributed by atoms with van der Waals surface area (Å²) in [5.74, 6) is 0.871. The summed E-state index contributed by atoms with van der Waals surface area (Å²) >= 11 is 0. The van der Waals surface area contributed by atoms with Crippen LogP contribution in [0, 0.1) is 11.3 Å². The maximum Gasteiger partial charge on any atom is 0.220 e. The van der Waals surface area contributed by atoms with Gasteiger partial charge in [0.05, 0.1) is 0 Å². The van der Waals surface area contributed by atoms with Gasteiger partial charge in [0, 0.05) is 25.0 Å². The zero-order chi connectivity index (χ0) is 16.4. The molecule has 1 saturated carbocycles. The van der Waals surface area contributed by atoms with E-state index in [0.29, 0.717) is 23.4 Å². The lowest BCUT2D eigenvalue weighted by atomic mass is 9.65. The number of fused-ring (bicyclic) bond motifs is 2. The fourth-order valence-electron chi connectivity index (χ4n) is 5.08. The van der Waals surface area contributed by atoms with Crippen molar-refractivity contribution in [3.05, 3.63) is 35.9 Å². The third-order valence-electron chi connectivity index (χ3n) is 6.54. The average molecular weight is 326 g/mol. The first-order chi connectivity index (χ1) is 11.7. The summed E-state index contributed by atoms with van der Waals surface area (Å²) in [6.45, 7) is 0.860. The van der Waals surface area contributed by atoms with Crippen molar-refractivity contribution >= 4 is 5.91 Å². The van der Waals surface area contributed by atoms with Gasteiger partial charge in [0.1, 0.15) is 0 Å². The Balaban J connectivity index is 1.26. The Labute approximate surface area is 145 Å². The molecule has 3 aliphatic rings. The van der Waals surface area contributed by atoms with Gasteiger partial charge in [0.15, 0.2) is 0 Å². The number of benzene rings is 1. The summed E-state index contributed by atoms with van der Waals surface area (Å²) in [6, 6.07) is 12.1. The minimum Gasteiger partial charge on any atom is -0.356 e. The summed E-state index contributed by atoms with van der Waals surface area (Å²) in [5, 5.41) is 6.95. The van der Waals surface area contributed by atoms with Crippen molar-refractivity contribution in [2.75, 3.05) is 6.54 Å². The van der Waals surface area contributed by atoms with Crippen LogP contribution in [-0.2, 0) is 11.2 Å². The van der Waals surface area contributed by atoms with Crippen LogP contribution in [0.2, 0.25) is 0 Å². The Morgan fingerprint density at radius 2 is 1.83 bits per heavy atom. The number of rotatable bonds is 6. The summed E-state index contributed by atoms with van der Waals surface area (Å²) in [5.41, 5.74) is 1.71. The lowest BCUT2D eigenvalue weighted by Crippen LogP contribution is -2.45. The molecule has 1 aromatic carbocycles. The highest BCUT2D eigenvalue weighted by atomic mass is 16.1. The van der Waals surface area contributed by atoms with E-state index in [-0.39, 0.29) is 5.91 Å². The van der Waals surface area contributed by atoms with E-state index in [9.17, 15) is 4.79 Å². The van der Waals surface area contributed by atoms with E-state index in [1.807, 2.05) is 0 Å². The molecule has 0 aromatic heterocycles. The van der Waals surface area contributed by atoms with Crippen molar-refractivity contribution in [3.63, 3.8) is 0 Å². The van der Waals surface area contributed by atoms with E-state index in [2.05, 4.69) is 41.0 Å². The molecule has 2 unspecified atom stereocenters. The summed E-state index contributed by atoms with van der Waals surface area (Å²) in [6.07, 6.45) is 10.6. The highest BCUT2D eigenvalue weighted by Crippen LogP contribution is 2.43. The molecule has 3 heteroatoms. The predicted octanol–water partition coefficient (Wildman–Crippen LogP) is 3.44. The number of hydrogen-bond donors (Lipinski definition) is 2. The Kier molecular flexibility index (Phi) is 4.62. The number of nitrogens with one attached hydrogen (secondary N) is 2. The van der Waals surface area contributed by atoms with Gasteiger partial charge in [-0.1, -0.05) is 36.8 Å². The number of amides is 1. The van der Waals surface area contributed by atoms with Crippen LogP contribution in [0.25, 0.3) is 0 Å². The number of carbonyl (C=O) groups is 1. The Hall–Kier alpha value is -1.35. The molecule has 4 rings (SSSR count). The van der Waals surface area contributed by atoms with Gasteiger partial charge < -0.3 is 10.6 Å². The van der Waals surface area contributed by atoms with Gasteiger partial charge in [-0.05, 0) is 61.8 Å². The number of carbonyl (C=O) groups excluding carboxylic acids is 1. The van der Waals surface area contributed by atoms with Crippen LogP contribution in [0.5, 0.6) is 0 Å². The van der Waals surface area contributed by atoms with Crippen molar-refractivity contribution in [3.8, 4) is 0 Å². The summed E-state index contributed by atoms with van der Waals surface area (Å²) in [7, 11) is 0. The van der Waals surface area contributed by atoms with E-state index in [0.717, 1.165) is 19.4 Å². The monoisotopic (exact) mass is 326 g/mol. The highest BCUT2D eigenvalue weighted by molar-refractivity contribution is 5.76. The largest absolute Gasteiger partial charge is 0.356 e. The van der Waals surface area contributed by atoms with Crippen molar-refractivity contribution in [1.82, 2.24) is 10.6 Å². The first kappa shape index (κ1) is 16.1. The summed E-state index contributed by atoms with van der Waals surface area (Å²) < 4.78 is 0. The van der Waals surface area contributed by atoms with Crippen molar-refractivity contribution in [2.45, 2.75) is 69.9 Å². The second-order valence-electron chi connectivity index (χ2n) is 8.47. The second-order valence-corrected chi connectivity index (χ2v) is 8.47. The molecule has 2 bridgehead atoms. The smallest absolute Gasteiger partial charge is 0.220 e. The molecule has 2 heterocycles. The molecule has 24 heavy (non-hydrogen) atoms. The molecule has 2 saturated heterocycles. The van der Waals surface area contributed by atoms with Gasteiger partial charge in [0.25, 0.3) is 0 Å². The molecule has 2 N–H and O–H groups in total. The zero-order valence-electron chi connectivity index (χ0n) is 14.6. The fraction of sp³-hybridized carbons (Fsp3) is 0.667. The second kappa shape index (κ2) is 6.87. The quantitative estimate of drug-likeness (QED) is 0.841. The predicted molar refractivity (Wildman–Crippen MR) is 96.7 cm³/mol. The molecular formula is C21H30N2O. The van der Waals surface area contributed by atoms with Crippen LogP contribution in [0.3, 0.4) is 0 Å². The van der Waals surface area contributed by atoms with E-state index in [4.69, 9.17) is 0 Å². The van der Waals surface area contributed by atoms with E-state index in [1.165, 1.54) is 50.5 Å². The van der Waals surface area contributed by atoms with Crippen molar-refractivity contribution < 1.29 is 4.79 Å². The minimum atomic E-state index is 0.278. The normalized spacial score (nSPS) is 30.6. The molecule has 130 valence electrons. The van der Waals surface area contributed by atoms with E-state index >= 15 is 0 Å². The minimum absolute atomic E-state index is 0.278. The molecule has 1 amide bonds. The third-order valence-corrected chi connectivity index (χ3v) is 6.54. The van der Waals surface area contributed by atoms with Gasteiger partial charge >= 0.3 is 0 Å². The van der Waals surface area contributed by atoms with E-state index in [1.54, 1.807) is 0 Å². The zero-order valence-corrected chi connectivity index (χ0v) is 14.6. The van der Waals surface area contributed by atoms with Gasteiger partial charge in [-0.2, -0.15) is 0 Å². The third kappa shape index (κ3) is 3.66. The van der Waals surface area contributed by atoms with Gasteiger partial charge in [-0.3, -0.25) is 4.79 Å². The first-order valence-electron chi connectivity index (χ1n) is 9.77. The summed E-state index contributed by atoms with van der Waals surface area (Å²) in [4.78, 5) is 12.5. The molecule has 1 aromatic rings. The van der Waals surface area contributed by atoms with Gasteiger partial charge in [0.2, 0.25) is 5.91 Å². The molecule has 2 aliphatic heterocycles. The van der Waals surface area contributed by atoms with Crippen LogP contribution >= 0.6 is 0 Å². The maximum absolute atomic E-state index is 12.5. The fourth-order valence-corrected chi connectivity index (χ4v) is 5.08. The number of piperidine rings is 1. The Morgan fingerprint density at radius 3 is 2.46 bits per heavy atom. The molecule has 2 atom stereocenters. The number of hydrogen-bond acceptors (Lipinski definition) is 2. The van der Waals surface area contributed by atoms with Gasteiger partial charge in [-0.15, -0.1) is 0 Å². The standard InChI is InChI=1S/C21H30N2O/c24-20(13-17-11-18-7-8-19(12-17)23-18)22-15-21(9-4-10-21)14-16-5-2-1-3-6-16/h1-3,5-6,17-19,23H,4,7-15H2,(H,22,24). The Morgan fingerprint density at radius 1 is 1.12 bits per heavy atom. The molecule has 3 fully saturated rings. The molecule has 1 aliphatic carbocycles. The van der Waals surface area contributed by atoms with Gasteiger partial charge in [-0.25, -0.2) is 0 Å². The van der Waals surface area contributed by atoms with Crippen molar-refractivity contribution in [2.24, 2.45) is 11.3 Å².